The zero-order valence-electron chi connectivity index (χ0n) is 14.7. The molecule has 0 aromatic heterocycles. The summed E-state index contributed by atoms with van der Waals surface area (Å²) in [6.07, 6.45) is 15.2. The highest BCUT2D eigenvalue weighted by atomic mass is 14.3. The lowest BCUT2D eigenvalue weighted by Gasteiger charge is -2.34. The summed E-state index contributed by atoms with van der Waals surface area (Å²) in [5, 5.41) is 0. The van der Waals surface area contributed by atoms with Crippen molar-refractivity contribution >= 4 is 0 Å². The van der Waals surface area contributed by atoms with Crippen LogP contribution in [-0.4, -0.2) is 0 Å². The van der Waals surface area contributed by atoms with Crippen molar-refractivity contribution in [2.75, 3.05) is 0 Å². The first kappa shape index (κ1) is 19.2. The Labute approximate surface area is 128 Å². The van der Waals surface area contributed by atoms with Crippen LogP contribution in [0.3, 0.4) is 0 Å². The van der Waals surface area contributed by atoms with Gasteiger partial charge in [-0.15, -0.1) is 6.58 Å². The van der Waals surface area contributed by atoms with Gasteiger partial charge < -0.3 is 0 Å². The lowest BCUT2D eigenvalue weighted by molar-refractivity contribution is 0.179. The monoisotopic (exact) mass is 276 g/mol. The second-order valence-electron chi connectivity index (χ2n) is 6.72. The van der Waals surface area contributed by atoms with Crippen LogP contribution in [0.1, 0.15) is 73.6 Å². The van der Waals surface area contributed by atoms with E-state index >= 15 is 0 Å². The molecular formula is C20H36. The van der Waals surface area contributed by atoms with Crippen molar-refractivity contribution in [1.82, 2.24) is 0 Å². The van der Waals surface area contributed by atoms with Gasteiger partial charge in [0.25, 0.3) is 0 Å². The molecule has 0 nitrogen and oxygen atoms in total. The minimum absolute atomic E-state index is 0.451. The molecule has 0 rings (SSSR count). The molecule has 0 amide bonds. The Balaban J connectivity index is 4.58. The van der Waals surface area contributed by atoms with Crippen molar-refractivity contribution in [3.63, 3.8) is 0 Å². The van der Waals surface area contributed by atoms with Crippen LogP contribution in [0.25, 0.3) is 0 Å². The van der Waals surface area contributed by atoms with Crippen LogP contribution in [0.15, 0.2) is 36.5 Å². The van der Waals surface area contributed by atoms with Crippen LogP contribution in [0, 0.1) is 17.3 Å². The van der Waals surface area contributed by atoms with Crippen LogP contribution in [0.5, 0.6) is 0 Å². The summed E-state index contributed by atoms with van der Waals surface area (Å²) < 4.78 is 0. The fraction of sp³-hybridized carbons (Fsp3) is 0.700. The van der Waals surface area contributed by atoms with Crippen molar-refractivity contribution in [2.24, 2.45) is 17.3 Å². The molecule has 3 unspecified atom stereocenters. The van der Waals surface area contributed by atoms with Gasteiger partial charge in [0.15, 0.2) is 0 Å². The van der Waals surface area contributed by atoms with Crippen molar-refractivity contribution in [3.05, 3.63) is 36.5 Å². The molecule has 0 spiro atoms. The predicted octanol–water partition coefficient (Wildman–Crippen LogP) is 6.94. The molecule has 0 aromatic rings. The standard InChI is InChI=1S/C20H36/c1-8-15-20(7,19(6)10-3)16-14-18(5)13-11-12-17(4)9-2/h9,11,13-14,17,19H,2,8,10,12,15-16H2,1,3-7H3. The molecule has 3 atom stereocenters. The van der Waals surface area contributed by atoms with E-state index in [-0.39, 0.29) is 0 Å². The van der Waals surface area contributed by atoms with Crippen molar-refractivity contribution < 1.29 is 0 Å². The van der Waals surface area contributed by atoms with E-state index in [0.29, 0.717) is 11.3 Å². The van der Waals surface area contributed by atoms with Gasteiger partial charge in [-0.25, -0.2) is 0 Å². The van der Waals surface area contributed by atoms with Crippen LogP contribution in [0.2, 0.25) is 0 Å². The van der Waals surface area contributed by atoms with Gasteiger partial charge in [0.1, 0.15) is 0 Å². The molecule has 0 aromatic carbocycles. The molecular weight excluding hydrogens is 240 g/mol. The minimum Gasteiger partial charge on any atom is -0.103 e. The van der Waals surface area contributed by atoms with Crippen LogP contribution in [0.4, 0.5) is 0 Å². The second kappa shape index (κ2) is 10.0. The van der Waals surface area contributed by atoms with E-state index in [1.54, 1.807) is 0 Å². The molecule has 0 saturated carbocycles. The third kappa shape index (κ3) is 7.12. The molecule has 0 aliphatic heterocycles. The molecule has 20 heavy (non-hydrogen) atoms. The molecule has 0 bridgehead atoms. The molecule has 0 N–H and O–H groups in total. The highest BCUT2D eigenvalue weighted by Crippen LogP contribution is 2.38. The molecule has 0 saturated heterocycles. The van der Waals surface area contributed by atoms with Gasteiger partial charge in [-0.3, -0.25) is 0 Å². The first-order chi connectivity index (χ1) is 9.39. The summed E-state index contributed by atoms with van der Waals surface area (Å²) in [6.45, 7) is 17.7. The van der Waals surface area contributed by atoms with Gasteiger partial charge >= 0.3 is 0 Å². The maximum Gasteiger partial charge on any atom is -0.0230 e. The summed E-state index contributed by atoms with van der Waals surface area (Å²) >= 11 is 0. The van der Waals surface area contributed by atoms with Gasteiger partial charge in [0.2, 0.25) is 0 Å². The van der Waals surface area contributed by atoms with Gasteiger partial charge in [-0.05, 0) is 43.4 Å². The first-order valence-electron chi connectivity index (χ1n) is 8.35. The topological polar surface area (TPSA) is 0 Å². The van der Waals surface area contributed by atoms with Crippen molar-refractivity contribution in [2.45, 2.75) is 73.6 Å². The third-order valence-electron chi connectivity index (χ3n) is 4.80. The Hall–Kier alpha value is -0.780. The number of hydrogen-bond acceptors (Lipinski definition) is 0. The van der Waals surface area contributed by atoms with Gasteiger partial charge in [0.05, 0.1) is 0 Å². The molecule has 0 aliphatic carbocycles. The van der Waals surface area contributed by atoms with Crippen LogP contribution < -0.4 is 0 Å². The maximum atomic E-state index is 3.83. The van der Waals surface area contributed by atoms with E-state index in [2.05, 4.69) is 66.3 Å². The fourth-order valence-corrected chi connectivity index (χ4v) is 2.64. The van der Waals surface area contributed by atoms with Gasteiger partial charge in [-0.2, -0.15) is 0 Å². The van der Waals surface area contributed by atoms with Crippen LogP contribution >= 0.6 is 0 Å². The van der Waals surface area contributed by atoms with E-state index in [4.69, 9.17) is 0 Å². The molecule has 0 fully saturated rings. The highest BCUT2D eigenvalue weighted by molar-refractivity contribution is 5.16. The summed E-state index contributed by atoms with van der Waals surface area (Å²) in [6, 6.07) is 0. The summed E-state index contributed by atoms with van der Waals surface area (Å²) in [5.41, 5.74) is 1.85. The molecule has 116 valence electrons. The smallest absolute Gasteiger partial charge is 0.0230 e. The number of allylic oxidation sites excluding steroid dienone is 5. The van der Waals surface area contributed by atoms with Crippen molar-refractivity contribution in [1.29, 1.82) is 0 Å². The number of hydrogen-bond donors (Lipinski definition) is 0. The lowest BCUT2D eigenvalue weighted by atomic mass is 9.71. The van der Waals surface area contributed by atoms with E-state index in [1.807, 2.05) is 6.08 Å². The predicted molar refractivity (Wildman–Crippen MR) is 94.0 cm³/mol. The average molecular weight is 277 g/mol. The van der Waals surface area contributed by atoms with Gasteiger partial charge in [0, 0.05) is 0 Å². The van der Waals surface area contributed by atoms with E-state index in [0.717, 1.165) is 12.3 Å². The second-order valence-corrected chi connectivity index (χ2v) is 6.72. The van der Waals surface area contributed by atoms with E-state index < -0.39 is 0 Å². The largest absolute Gasteiger partial charge is 0.103 e. The zero-order valence-corrected chi connectivity index (χ0v) is 14.7. The number of rotatable bonds is 10. The first-order valence-corrected chi connectivity index (χ1v) is 8.35. The highest BCUT2D eigenvalue weighted by Gasteiger charge is 2.27. The Bertz CT molecular complexity index is 321. The summed E-state index contributed by atoms with van der Waals surface area (Å²) in [7, 11) is 0. The Morgan fingerprint density at radius 2 is 1.90 bits per heavy atom. The normalized spacial score (nSPS) is 18.8. The third-order valence-corrected chi connectivity index (χ3v) is 4.80. The Morgan fingerprint density at radius 1 is 1.25 bits per heavy atom. The summed E-state index contributed by atoms with van der Waals surface area (Å²) in [4.78, 5) is 0. The average Bonchev–Trinajstić information content (AvgIpc) is 2.44. The van der Waals surface area contributed by atoms with E-state index in [9.17, 15) is 0 Å². The Kier molecular flexibility index (Phi) is 9.63. The minimum atomic E-state index is 0.451. The van der Waals surface area contributed by atoms with Crippen molar-refractivity contribution in [3.8, 4) is 0 Å². The quantitative estimate of drug-likeness (QED) is 0.299. The maximum absolute atomic E-state index is 3.83. The van der Waals surface area contributed by atoms with Crippen LogP contribution in [-0.2, 0) is 0 Å². The molecule has 0 heteroatoms. The fourth-order valence-electron chi connectivity index (χ4n) is 2.64. The Morgan fingerprint density at radius 3 is 2.40 bits per heavy atom. The molecule has 0 aliphatic rings. The lowest BCUT2D eigenvalue weighted by Crippen LogP contribution is -2.24. The molecule has 0 radical (unpaired) electrons. The zero-order chi connectivity index (χ0) is 15.6. The molecule has 0 heterocycles. The summed E-state index contributed by atoms with van der Waals surface area (Å²) in [5.74, 6) is 1.36. The SMILES string of the molecule is C=CC(C)CC=CC(C)=CCC(C)(CCC)C(C)CC. The van der Waals surface area contributed by atoms with Gasteiger partial charge in [-0.1, -0.05) is 77.3 Å². The van der Waals surface area contributed by atoms with E-state index in [1.165, 1.54) is 31.3 Å².